The molecule has 0 atom stereocenters. The Kier molecular flexibility index (Phi) is 7.94. The standard InChI is InChI=1S/C23H24N2O7S/c1-3-30-20-10-16(32-13-21(27)31-4-2)6-8-18(20)19(26)12-25-11-15-9-14(22(28)24-33)5-7-17(15)23(25)29/h5-10,33H,3-4,11-13H2,1-2H3,(H,24,28). The Labute approximate surface area is 196 Å². The van der Waals surface area contributed by atoms with Gasteiger partial charge in [0.15, 0.2) is 12.4 Å². The number of hydrogen-bond acceptors (Lipinski definition) is 8. The van der Waals surface area contributed by atoms with Crippen molar-refractivity contribution in [3.63, 3.8) is 0 Å². The lowest BCUT2D eigenvalue weighted by molar-refractivity contribution is -0.145. The summed E-state index contributed by atoms with van der Waals surface area (Å²) in [6.45, 7) is 3.82. The van der Waals surface area contributed by atoms with Crippen LogP contribution in [0.4, 0.5) is 0 Å². The van der Waals surface area contributed by atoms with Gasteiger partial charge in [0, 0.05) is 23.7 Å². The van der Waals surface area contributed by atoms with Gasteiger partial charge in [-0.3, -0.25) is 19.1 Å². The van der Waals surface area contributed by atoms with Gasteiger partial charge in [0.05, 0.1) is 25.3 Å². The Balaban J connectivity index is 1.73. The Bertz CT molecular complexity index is 1090. The van der Waals surface area contributed by atoms with Crippen molar-refractivity contribution < 1.29 is 33.4 Å². The summed E-state index contributed by atoms with van der Waals surface area (Å²) in [5.41, 5.74) is 1.78. The van der Waals surface area contributed by atoms with Crippen molar-refractivity contribution in [1.29, 1.82) is 0 Å². The molecule has 0 bridgehead atoms. The van der Waals surface area contributed by atoms with E-state index >= 15 is 0 Å². The van der Waals surface area contributed by atoms with E-state index < -0.39 is 5.97 Å². The Morgan fingerprint density at radius 1 is 1.06 bits per heavy atom. The summed E-state index contributed by atoms with van der Waals surface area (Å²) in [5.74, 6) is -0.843. The molecule has 0 aromatic heterocycles. The average molecular weight is 473 g/mol. The molecule has 0 spiro atoms. The van der Waals surface area contributed by atoms with Gasteiger partial charge in [0.1, 0.15) is 11.5 Å². The van der Waals surface area contributed by atoms with Gasteiger partial charge in [0.25, 0.3) is 11.8 Å². The minimum absolute atomic E-state index is 0.162. The fourth-order valence-electron chi connectivity index (χ4n) is 3.42. The molecule has 1 N–H and O–H groups in total. The Morgan fingerprint density at radius 3 is 2.55 bits per heavy atom. The van der Waals surface area contributed by atoms with Gasteiger partial charge in [-0.2, -0.15) is 0 Å². The lowest BCUT2D eigenvalue weighted by Gasteiger charge is -2.17. The summed E-state index contributed by atoms with van der Waals surface area (Å²) in [6, 6.07) is 9.34. The Hall–Kier alpha value is -3.53. The number of thiol groups is 1. The number of Topliss-reactive ketones (excluding diaryl/α,β-unsaturated/α-hetero) is 1. The molecule has 9 nitrogen and oxygen atoms in total. The fourth-order valence-corrected chi connectivity index (χ4v) is 3.54. The van der Waals surface area contributed by atoms with E-state index in [1.54, 1.807) is 32.0 Å². The molecular formula is C23H24N2O7S. The van der Waals surface area contributed by atoms with Crippen LogP contribution in [0.2, 0.25) is 0 Å². The van der Waals surface area contributed by atoms with Gasteiger partial charge in [-0.25, -0.2) is 4.79 Å². The van der Waals surface area contributed by atoms with Gasteiger partial charge in [-0.05, 0) is 49.7 Å². The number of hydrogen-bond donors (Lipinski definition) is 2. The van der Waals surface area contributed by atoms with Crippen LogP contribution in [-0.4, -0.2) is 54.8 Å². The maximum absolute atomic E-state index is 13.0. The van der Waals surface area contributed by atoms with Gasteiger partial charge >= 0.3 is 5.97 Å². The second-order valence-electron chi connectivity index (χ2n) is 7.08. The number of nitrogens with one attached hydrogen (secondary N) is 1. The van der Waals surface area contributed by atoms with E-state index in [1.165, 1.54) is 23.1 Å². The molecule has 2 aromatic rings. The van der Waals surface area contributed by atoms with Gasteiger partial charge in [-0.1, -0.05) is 12.8 Å². The number of amides is 2. The largest absolute Gasteiger partial charge is 0.493 e. The maximum atomic E-state index is 13.0. The van der Waals surface area contributed by atoms with Crippen LogP contribution in [0.5, 0.6) is 11.5 Å². The zero-order valence-corrected chi connectivity index (χ0v) is 19.1. The van der Waals surface area contributed by atoms with E-state index in [2.05, 4.69) is 17.5 Å². The predicted octanol–water partition coefficient (Wildman–Crippen LogP) is 2.44. The van der Waals surface area contributed by atoms with Crippen molar-refractivity contribution in [2.24, 2.45) is 0 Å². The van der Waals surface area contributed by atoms with Crippen molar-refractivity contribution in [1.82, 2.24) is 9.62 Å². The summed E-state index contributed by atoms with van der Waals surface area (Å²) < 4.78 is 18.1. The number of benzene rings is 2. The van der Waals surface area contributed by atoms with Crippen LogP contribution in [0.15, 0.2) is 36.4 Å². The van der Waals surface area contributed by atoms with Crippen LogP contribution in [0, 0.1) is 0 Å². The molecule has 0 fully saturated rings. The normalized spacial score (nSPS) is 12.2. The monoisotopic (exact) mass is 472 g/mol. The number of carbonyl (C=O) groups excluding carboxylic acids is 4. The molecule has 174 valence electrons. The van der Waals surface area contributed by atoms with Crippen molar-refractivity contribution in [3.05, 3.63) is 58.7 Å². The van der Waals surface area contributed by atoms with Crippen molar-refractivity contribution in [3.8, 4) is 11.5 Å². The van der Waals surface area contributed by atoms with Crippen LogP contribution >= 0.6 is 12.8 Å². The zero-order chi connectivity index (χ0) is 24.0. The second-order valence-corrected chi connectivity index (χ2v) is 7.31. The van der Waals surface area contributed by atoms with Gasteiger partial charge in [0.2, 0.25) is 0 Å². The van der Waals surface area contributed by atoms with Crippen LogP contribution in [0.25, 0.3) is 0 Å². The highest BCUT2D eigenvalue weighted by Gasteiger charge is 2.30. The number of carbonyl (C=O) groups is 4. The maximum Gasteiger partial charge on any atom is 0.344 e. The van der Waals surface area contributed by atoms with Gasteiger partial charge in [-0.15, -0.1) is 0 Å². The van der Waals surface area contributed by atoms with Crippen molar-refractivity contribution >= 4 is 36.4 Å². The topological polar surface area (TPSA) is 111 Å². The van der Waals surface area contributed by atoms with E-state index in [0.29, 0.717) is 40.4 Å². The first-order valence-corrected chi connectivity index (χ1v) is 10.8. The van der Waals surface area contributed by atoms with Crippen LogP contribution in [-0.2, 0) is 16.1 Å². The quantitative estimate of drug-likeness (QED) is 0.310. The molecule has 0 radical (unpaired) electrons. The molecule has 10 heteroatoms. The van der Waals surface area contributed by atoms with Crippen molar-refractivity contribution in [2.45, 2.75) is 20.4 Å². The Morgan fingerprint density at radius 2 is 1.85 bits per heavy atom. The number of rotatable bonds is 10. The third-order valence-electron chi connectivity index (χ3n) is 4.90. The highest BCUT2D eigenvalue weighted by molar-refractivity contribution is 7.78. The van der Waals surface area contributed by atoms with Crippen LogP contribution in [0.3, 0.4) is 0 Å². The second kappa shape index (κ2) is 10.9. The first-order valence-electron chi connectivity index (χ1n) is 10.3. The molecule has 1 heterocycles. The van der Waals surface area contributed by atoms with Crippen LogP contribution < -0.4 is 14.2 Å². The lowest BCUT2D eigenvalue weighted by atomic mass is 10.1. The molecule has 0 aliphatic carbocycles. The van der Waals surface area contributed by atoms with E-state index in [1.807, 2.05) is 0 Å². The molecular weight excluding hydrogens is 448 g/mol. The SMILES string of the molecule is CCOC(=O)COc1ccc(C(=O)CN2Cc3cc(C(=O)NS)ccc3C2=O)c(OCC)c1. The highest BCUT2D eigenvalue weighted by Crippen LogP contribution is 2.28. The van der Waals surface area contributed by atoms with E-state index in [0.717, 1.165) is 0 Å². The number of fused-ring (bicyclic) bond motifs is 1. The summed E-state index contributed by atoms with van der Waals surface area (Å²) in [6.07, 6.45) is 0. The predicted molar refractivity (Wildman–Crippen MR) is 122 cm³/mol. The third-order valence-corrected chi connectivity index (χ3v) is 5.10. The molecule has 0 saturated carbocycles. The fraction of sp³-hybridized carbons (Fsp3) is 0.304. The minimum Gasteiger partial charge on any atom is -0.493 e. The van der Waals surface area contributed by atoms with E-state index in [4.69, 9.17) is 14.2 Å². The lowest BCUT2D eigenvalue weighted by Crippen LogP contribution is -2.30. The molecule has 1 aliphatic heterocycles. The first-order chi connectivity index (χ1) is 15.9. The molecule has 2 aromatic carbocycles. The van der Waals surface area contributed by atoms with E-state index in [-0.39, 0.29) is 43.9 Å². The first kappa shape index (κ1) is 24.1. The highest BCUT2D eigenvalue weighted by atomic mass is 32.1. The molecule has 0 saturated heterocycles. The number of ketones is 1. The molecule has 33 heavy (non-hydrogen) atoms. The van der Waals surface area contributed by atoms with Crippen molar-refractivity contribution in [2.75, 3.05) is 26.4 Å². The van der Waals surface area contributed by atoms with E-state index in [9.17, 15) is 19.2 Å². The third kappa shape index (κ3) is 5.64. The molecule has 0 unspecified atom stereocenters. The summed E-state index contributed by atoms with van der Waals surface area (Å²) in [4.78, 5) is 50.5. The minimum atomic E-state index is -0.502. The number of nitrogens with zero attached hydrogens (tertiary/aromatic N) is 1. The smallest absolute Gasteiger partial charge is 0.344 e. The summed E-state index contributed by atoms with van der Waals surface area (Å²) in [7, 11) is 0. The number of ether oxygens (including phenoxy) is 3. The average Bonchev–Trinajstić information content (AvgIpc) is 3.12. The zero-order valence-electron chi connectivity index (χ0n) is 18.3. The molecule has 1 aliphatic rings. The van der Waals surface area contributed by atoms with Crippen LogP contribution in [0.1, 0.15) is 50.5 Å². The summed E-state index contributed by atoms with van der Waals surface area (Å²) >= 11 is 3.75. The summed E-state index contributed by atoms with van der Waals surface area (Å²) in [5, 5.41) is 0. The number of esters is 1. The molecule has 2 amide bonds. The van der Waals surface area contributed by atoms with Gasteiger partial charge < -0.3 is 19.1 Å². The molecule has 3 rings (SSSR count).